The van der Waals surface area contributed by atoms with Gasteiger partial charge in [-0.05, 0) is 36.4 Å². The molecule has 2 amide bonds. The van der Waals surface area contributed by atoms with Gasteiger partial charge in [-0.1, -0.05) is 23.2 Å². The van der Waals surface area contributed by atoms with Crippen LogP contribution in [0, 0.1) is 0 Å². The highest BCUT2D eigenvalue weighted by Gasteiger charge is 2.35. The van der Waals surface area contributed by atoms with Crippen LogP contribution in [0.25, 0.3) is 0 Å². The molecule has 0 fully saturated rings. The lowest BCUT2D eigenvalue weighted by Crippen LogP contribution is -2.36. The van der Waals surface area contributed by atoms with E-state index in [9.17, 15) is 24.0 Å². The molecule has 38 heavy (non-hydrogen) atoms. The number of fused-ring (bicyclic) bond motifs is 1. The van der Waals surface area contributed by atoms with E-state index in [1.807, 2.05) is 0 Å². The Morgan fingerprint density at radius 1 is 0.921 bits per heavy atom. The normalized spacial score (nSPS) is 14.1. The first kappa shape index (κ1) is 26.6. The number of halogens is 2. The molecule has 0 aliphatic carbocycles. The van der Waals surface area contributed by atoms with E-state index in [2.05, 4.69) is 25.9 Å². The summed E-state index contributed by atoms with van der Waals surface area (Å²) in [5.74, 6) is -4.17. The van der Waals surface area contributed by atoms with Gasteiger partial charge >= 0.3 is 11.9 Å². The van der Waals surface area contributed by atoms with E-state index in [-0.39, 0.29) is 40.6 Å². The maximum atomic E-state index is 13.2. The lowest BCUT2D eigenvalue weighted by Gasteiger charge is -2.24. The average molecular weight is 560 g/mol. The zero-order valence-corrected chi connectivity index (χ0v) is 21.3. The number of carbonyl (C=O) groups is 4. The largest absolute Gasteiger partial charge is 0.465 e. The van der Waals surface area contributed by atoms with Crippen molar-refractivity contribution in [3.05, 3.63) is 73.5 Å². The Hall–Kier alpha value is -4.42. The van der Waals surface area contributed by atoms with Crippen LogP contribution < -0.4 is 21.5 Å². The second-order valence-corrected chi connectivity index (χ2v) is 8.91. The molecule has 0 spiro atoms. The molecule has 0 radical (unpaired) electrons. The summed E-state index contributed by atoms with van der Waals surface area (Å²) in [6.07, 6.45) is -0.346. The van der Waals surface area contributed by atoms with E-state index >= 15 is 0 Å². The third-order valence-electron chi connectivity index (χ3n) is 5.44. The van der Waals surface area contributed by atoms with Crippen LogP contribution in [-0.2, 0) is 19.1 Å². The van der Waals surface area contributed by atoms with Crippen molar-refractivity contribution < 1.29 is 28.7 Å². The van der Waals surface area contributed by atoms with Gasteiger partial charge in [-0.15, -0.1) is 0 Å². The molecule has 0 unspecified atom stereocenters. The molecule has 1 aromatic heterocycles. The van der Waals surface area contributed by atoms with Crippen molar-refractivity contribution in [2.75, 3.05) is 30.2 Å². The minimum absolute atomic E-state index is 0.0242. The molecule has 2 aromatic carbocycles. The first-order valence-electron chi connectivity index (χ1n) is 10.9. The molecule has 3 aromatic rings. The Balaban J connectivity index is 1.66. The molecular weight excluding hydrogens is 541 g/mol. The number of nitrogens with zero attached hydrogens (tertiary/aromatic N) is 1. The quantitative estimate of drug-likeness (QED) is 0.330. The van der Waals surface area contributed by atoms with E-state index in [0.717, 1.165) is 14.2 Å². The van der Waals surface area contributed by atoms with Crippen LogP contribution in [0.15, 0.2) is 41.2 Å². The Morgan fingerprint density at radius 3 is 2.11 bits per heavy atom. The van der Waals surface area contributed by atoms with Crippen molar-refractivity contribution in [2.45, 2.75) is 12.3 Å². The molecule has 0 saturated carbocycles. The van der Waals surface area contributed by atoms with Crippen molar-refractivity contribution >= 4 is 70.1 Å². The molecule has 1 aliphatic heterocycles. The minimum Gasteiger partial charge on any atom is -0.465 e. The highest BCUT2D eigenvalue weighted by molar-refractivity contribution is 6.35. The summed E-state index contributed by atoms with van der Waals surface area (Å²) in [7, 11) is 2.32. The SMILES string of the molecule is COC(=O)c1cc(NC(=O)[C@H]2CC(=O)Nc3nc(Nc4cc(Cl)cc(Cl)c4)[nH]c(=O)c32)cc(C(=O)OC)c1. The second-order valence-electron chi connectivity index (χ2n) is 8.04. The summed E-state index contributed by atoms with van der Waals surface area (Å²) < 4.78 is 9.39. The van der Waals surface area contributed by atoms with E-state index < -0.39 is 35.2 Å². The maximum Gasteiger partial charge on any atom is 0.337 e. The van der Waals surface area contributed by atoms with Crippen LogP contribution in [0.5, 0.6) is 0 Å². The van der Waals surface area contributed by atoms with Crippen LogP contribution in [-0.4, -0.2) is 47.9 Å². The van der Waals surface area contributed by atoms with E-state index in [4.69, 9.17) is 32.7 Å². The smallest absolute Gasteiger partial charge is 0.337 e. The lowest BCUT2D eigenvalue weighted by molar-refractivity contribution is -0.123. The van der Waals surface area contributed by atoms with E-state index in [1.54, 1.807) is 12.1 Å². The predicted octanol–water partition coefficient (Wildman–Crippen LogP) is 3.46. The van der Waals surface area contributed by atoms with Gasteiger partial charge in [0, 0.05) is 27.8 Å². The minimum atomic E-state index is -1.23. The monoisotopic (exact) mass is 559 g/mol. The van der Waals surface area contributed by atoms with Crippen molar-refractivity contribution in [1.29, 1.82) is 0 Å². The number of nitrogens with one attached hydrogen (secondary N) is 4. The number of esters is 2. The molecule has 4 N–H and O–H groups in total. The number of rotatable bonds is 6. The van der Waals surface area contributed by atoms with E-state index in [1.165, 1.54) is 24.3 Å². The Labute approximate surface area is 224 Å². The summed E-state index contributed by atoms with van der Waals surface area (Å²) in [6, 6.07) is 8.43. The van der Waals surface area contributed by atoms with Crippen LogP contribution >= 0.6 is 23.2 Å². The number of benzene rings is 2. The zero-order chi connectivity index (χ0) is 27.6. The third-order valence-corrected chi connectivity index (χ3v) is 5.87. The van der Waals surface area contributed by atoms with Crippen LogP contribution in [0.4, 0.5) is 23.1 Å². The summed E-state index contributed by atoms with van der Waals surface area (Å²) in [4.78, 5) is 69.5. The number of anilines is 4. The Kier molecular flexibility index (Phi) is 7.65. The predicted molar refractivity (Wildman–Crippen MR) is 138 cm³/mol. The first-order valence-corrected chi connectivity index (χ1v) is 11.6. The molecule has 0 saturated heterocycles. The highest BCUT2D eigenvalue weighted by Crippen LogP contribution is 2.31. The molecule has 1 atom stereocenters. The topological polar surface area (TPSA) is 169 Å². The lowest BCUT2D eigenvalue weighted by atomic mass is 9.92. The molecule has 14 heteroatoms. The van der Waals surface area contributed by atoms with Gasteiger partial charge in [0.25, 0.3) is 5.56 Å². The summed E-state index contributed by atoms with van der Waals surface area (Å²) in [5.41, 5.74) is -0.327. The van der Waals surface area contributed by atoms with E-state index in [0.29, 0.717) is 15.7 Å². The third kappa shape index (κ3) is 5.76. The van der Waals surface area contributed by atoms with Crippen molar-refractivity contribution in [2.24, 2.45) is 0 Å². The van der Waals surface area contributed by atoms with Gasteiger partial charge < -0.3 is 25.4 Å². The molecule has 0 bridgehead atoms. The standard InChI is InChI=1S/C24H19Cl2N5O7/c1-37-22(35)10-3-11(23(36)38-2)5-14(4-10)27-20(33)16-9-17(32)29-19-18(16)21(34)31-24(30-19)28-15-7-12(25)6-13(26)8-15/h3-8,16H,9H2,1-2H3,(H,27,33)(H3,28,29,30,31,32,34)/t16-/m0/s1. The van der Waals surface area contributed by atoms with Crippen molar-refractivity contribution in [1.82, 2.24) is 9.97 Å². The molecular formula is C24H19Cl2N5O7. The van der Waals surface area contributed by atoms with Crippen LogP contribution in [0.1, 0.15) is 38.6 Å². The number of hydrogen-bond acceptors (Lipinski definition) is 9. The van der Waals surface area contributed by atoms with Gasteiger partial charge in [0.1, 0.15) is 5.82 Å². The number of methoxy groups -OCH3 is 2. The van der Waals surface area contributed by atoms with Gasteiger partial charge in [-0.25, -0.2) is 9.59 Å². The second kappa shape index (κ2) is 10.9. The molecule has 196 valence electrons. The number of carbonyl (C=O) groups excluding carboxylic acids is 4. The molecule has 4 rings (SSSR count). The van der Waals surface area contributed by atoms with Crippen LogP contribution in [0.2, 0.25) is 10.0 Å². The van der Waals surface area contributed by atoms with Crippen molar-refractivity contribution in [3.63, 3.8) is 0 Å². The zero-order valence-electron chi connectivity index (χ0n) is 19.8. The van der Waals surface area contributed by atoms with Gasteiger partial charge in [0.2, 0.25) is 17.8 Å². The summed E-state index contributed by atoms with van der Waals surface area (Å²) in [6.45, 7) is 0. The molecule has 12 nitrogen and oxygen atoms in total. The number of hydrogen-bond donors (Lipinski definition) is 4. The number of H-pyrrole nitrogens is 1. The number of ether oxygens (including phenoxy) is 2. The fourth-order valence-corrected chi connectivity index (χ4v) is 4.34. The highest BCUT2D eigenvalue weighted by atomic mass is 35.5. The van der Waals surface area contributed by atoms with Gasteiger partial charge in [0.05, 0.1) is 36.8 Å². The number of aromatic nitrogens is 2. The number of amides is 2. The number of aromatic amines is 1. The van der Waals surface area contributed by atoms with Gasteiger partial charge in [-0.2, -0.15) is 4.98 Å². The average Bonchev–Trinajstić information content (AvgIpc) is 2.86. The van der Waals surface area contributed by atoms with Gasteiger partial charge in [-0.3, -0.25) is 19.4 Å². The van der Waals surface area contributed by atoms with Crippen molar-refractivity contribution in [3.8, 4) is 0 Å². The fourth-order valence-electron chi connectivity index (χ4n) is 3.82. The first-order chi connectivity index (χ1) is 18.1. The molecule has 2 heterocycles. The Bertz CT molecular complexity index is 1480. The summed E-state index contributed by atoms with van der Waals surface area (Å²) >= 11 is 12.0. The van der Waals surface area contributed by atoms with Gasteiger partial charge in [0.15, 0.2) is 0 Å². The maximum absolute atomic E-state index is 13.2. The van der Waals surface area contributed by atoms with Crippen LogP contribution in [0.3, 0.4) is 0 Å². The Morgan fingerprint density at radius 2 is 1.53 bits per heavy atom. The summed E-state index contributed by atoms with van der Waals surface area (Å²) in [5, 5.41) is 8.58. The fraction of sp³-hybridized carbons (Fsp3) is 0.167. The molecule has 1 aliphatic rings.